The van der Waals surface area contributed by atoms with Crippen molar-refractivity contribution >= 4 is 21.9 Å². The van der Waals surface area contributed by atoms with E-state index in [1.54, 1.807) is 19.2 Å². The Balaban J connectivity index is 2.20. The molecule has 0 aliphatic rings. The average Bonchev–Trinajstić information content (AvgIpc) is 2.61. The number of hydrogen-bond donors (Lipinski definition) is 1. The first-order valence-corrected chi connectivity index (χ1v) is 8.69. The van der Waals surface area contributed by atoms with E-state index in [2.05, 4.69) is 4.74 Å². The number of carbonyl (C=O) groups is 2. The quantitative estimate of drug-likeness (QED) is 0.785. The number of hydrogen-bond acceptors (Lipinski definition) is 6. The number of rotatable bonds is 6. The van der Waals surface area contributed by atoms with E-state index in [1.807, 2.05) is 4.72 Å². The van der Waals surface area contributed by atoms with Gasteiger partial charge in [-0.25, -0.2) is 17.9 Å². The molecule has 7 nitrogen and oxygen atoms in total. The molecule has 0 unspecified atom stereocenters. The van der Waals surface area contributed by atoms with Crippen molar-refractivity contribution in [1.82, 2.24) is 4.72 Å². The zero-order valence-electron chi connectivity index (χ0n) is 13.7. The van der Waals surface area contributed by atoms with E-state index >= 15 is 0 Å². The van der Waals surface area contributed by atoms with Crippen LogP contribution in [0.3, 0.4) is 0 Å². The highest BCUT2D eigenvalue weighted by Gasteiger charge is 2.20. The topological polar surface area (TPSA) is 98.8 Å². The molecule has 0 saturated carbocycles. The van der Waals surface area contributed by atoms with Gasteiger partial charge in [0.25, 0.3) is 15.9 Å². The Morgan fingerprint density at radius 1 is 1.00 bits per heavy atom. The Kier molecular flexibility index (Phi) is 5.89. The van der Waals surface area contributed by atoms with Crippen molar-refractivity contribution in [2.75, 3.05) is 14.2 Å². The number of methoxy groups -OCH3 is 2. The highest BCUT2D eigenvalue weighted by atomic mass is 32.2. The summed E-state index contributed by atoms with van der Waals surface area (Å²) in [7, 11) is -1.38. The van der Waals surface area contributed by atoms with E-state index in [4.69, 9.17) is 4.74 Å². The van der Waals surface area contributed by atoms with E-state index in [1.165, 1.54) is 37.4 Å². The maximum Gasteiger partial charge on any atom is 0.337 e. The summed E-state index contributed by atoms with van der Waals surface area (Å²) in [6.07, 6.45) is 0. The molecule has 132 valence electrons. The Hall–Kier alpha value is -2.71. The predicted molar refractivity (Wildman–Crippen MR) is 89.6 cm³/mol. The SMILES string of the molecule is COCc1ccc(C(=O)NS(=O)(=O)c2cccc(C(=O)OC)c2)cc1. The third kappa shape index (κ3) is 4.65. The standard InChI is InChI=1S/C17H17NO6S/c1-23-11-12-6-8-13(9-7-12)16(19)18-25(21,22)15-5-3-4-14(10-15)17(20)24-2/h3-10H,11H2,1-2H3,(H,18,19). The molecule has 2 aromatic carbocycles. The molecule has 2 rings (SSSR count). The third-order valence-electron chi connectivity index (χ3n) is 3.32. The number of sulfonamides is 1. The van der Waals surface area contributed by atoms with Crippen LogP contribution >= 0.6 is 0 Å². The summed E-state index contributed by atoms with van der Waals surface area (Å²) < 4.78 is 36.2. The molecule has 25 heavy (non-hydrogen) atoms. The van der Waals surface area contributed by atoms with Crippen LogP contribution in [0.4, 0.5) is 0 Å². The fourth-order valence-electron chi connectivity index (χ4n) is 2.07. The van der Waals surface area contributed by atoms with Crippen LogP contribution in [0.25, 0.3) is 0 Å². The number of ether oxygens (including phenoxy) is 2. The van der Waals surface area contributed by atoms with Crippen molar-refractivity contribution in [3.63, 3.8) is 0 Å². The molecule has 0 aliphatic carbocycles. The molecule has 8 heteroatoms. The smallest absolute Gasteiger partial charge is 0.337 e. The largest absolute Gasteiger partial charge is 0.465 e. The number of carbonyl (C=O) groups excluding carboxylic acids is 2. The minimum absolute atomic E-state index is 0.0711. The van der Waals surface area contributed by atoms with E-state index in [-0.39, 0.29) is 16.0 Å². The van der Waals surface area contributed by atoms with Crippen LogP contribution in [0.15, 0.2) is 53.4 Å². The Bertz CT molecular complexity index is 874. The molecular weight excluding hydrogens is 346 g/mol. The monoisotopic (exact) mass is 363 g/mol. The highest BCUT2D eigenvalue weighted by molar-refractivity contribution is 7.90. The van der Waals surface area contributed by atoms with Gasteiger partial charge in [0.05, 0.1) is 24.2 Å². The summed E-state index contributed by atoms with van der Waals surface area (Å²) in [6, 6.07) is 11.6. The first kappa shape index (κ1) is 18.6. The van der Waals surface area contributed by atoms with Crippen molar-refractivity contribution in [1.29, 1.82) is 0 Å². The number of benzene rings is 2. The molecule has 0 heterocycles. The lowest BCUT2D eigenvalue weighted by atomic mass is 10.1. The molecule has 0 fully saturated rings. The van der Waals surface area contributed by atoms with E-state index < -0.39 is 21.9 Å². The first-order valence-electron chi connectivity index (χ1n) is 7.21. The van der Waals surface area contributed by atoms with Crippen molar-refractivity contribution in [2.45, 2.75) is 11.5 Å². The summed E-state index contributed by atoms with van der Waals surface area (Å²) in [6.45, 7) is 0.389. The van der Waals surface area contributed by atoms with Crippen molar-refractivity contribution in [3.05, 3.63) is 65.2 Å². The highest BCUT2D eigenvalue weighted by Crippen LogP contribution is 2.13. The molecule has 0 spiro atoms. The zero-order valence-corrected chi connectivity index (χ0v) is 14.5. The van der Waals surface area contributed by atoms with Gasteiger partial charge in [-0.15, -0.1) is 0 Å². The van der Waals surface area contributed by atoms with E-state index in [9.17, 15) is 18.0 Å². The van der Waals surface area contributed by atoms with Crippen LogP contribution in [0.1, 0.15) is 26.3 Å². The van der Waals surface area contributed by atoms with Crippen LogP contribution in [-0.2, 0) is 26.1 Å². The van der Waals surface area contributed by atoms with Crippen LogP contribution in [0.5, 0.6) is 0 Å². The van der Waals surface area contributed by atoms with Crippen LogP contribution in [0, 0.1) is 0 Å². The first-order chi connectivity index (χ1) is 11.9. The molecule has 0 aliphatic heterocycles. The van der Waals surface area contributed by atoms with Crippen LogP contribution in [0.2, 0.25) is 0 Å². The van der Waals surface area contributed by atoms with Gasteiger partial charge in [0.15, 0.2) is 0 Å². The second-order valence-corrected chi connectivity index (χ2v) is 6.77. The molecular formula is C17H17NO6S. The van der Waals surface area contributed by atoms with Gasteiger partial charge in [-0.3, -0.25) is 4.79 Å². The third-order valence-corrected chi connectivity index (χ3v) is 4.65. The maximum atomic E-state index is 12.3. The zero-order chi connectivity index (χ0) is 18.4. The van der Waals surface area contributed by atoms with E-state index in [0.29, 0.717) is 6.61 Å². The number of amides is 1. The number of nitrogens with one attached hydrogen (secondary N) is 1. The lowest BCUT2D eigenvalue weighted by molar-refractivity contribution is 0.0600. The minimum Gasteiger partial charge on any atom is -0.465 e. The Morgan fingerprint density at radius 2 is 1.68 bits per heavy atom. The summed E-state index contributed by atoms with van der Waals surface area (Å²) in [5.41, 5.74) is 1.11. The Morgan fingerprint density at radius 3 is 2.28 bits per heavy atom. The van der Waals surface area contributed by atoms with Gasteiger partial charge in [0.1, 0.15) is 0 Å². The average molecular weight is 363 g/mol. The molecule has 0 aromatic heterocycles. The number of esters is 1. The second-order valence-electron chi connectivity index (χ2n) is 5.08. The van der Waals surface area contributed by atoms with Gasteiger partial charge in [-0.05, 0) is 35.9 Å². The molecule has 0 bridgehead atoms. The lowest BCUT2D eigenvalue weighted by Crippen LogP contribution is -2.30. The van der Waals surface area contributed by atoms with Crippen LogP contribution in [-0.4, -0.2) is 34.5 Å². The van der Waals surface area contributed by atoms with Gasteiger partial charge in [0.2, 0.25) is 0 Å². The molecule has 1 amide bonds. The lowest BCUT2D eigenvalue weighted by Gasteiger charge is -2.08. The summed E-state index contributed by atoms with van der Waals surface area (Å²) in [5.74, 6) is -1.44. The van der Waals surface area contributed by atoms with Crippen molar-refractivity contribution < 1.29 is 27.5 Å². The van der Waals surface area contributed by atoms with E-state index in [0.717, 1.165) is 11.6 Å². The normalized spacial score (nSPS) is 11.0. The van der Waals surface area contributed by atoms with Gasteiger partial charge in [-0.2, -0.15) is 0 Å². The van der Waals surface area contributed by atoms with Gasteiger partial charge in [-0.1, -0.05) is 18.2 Å². The predicted octanol–water partition coefficient (Wildman–Crippen LogP) is 1.74. The second kappa shape index (κ2) is 7.91. The Labute approximate surface area is 145 Å². The van der Waals surface area contributed by atoms with Crippen molar-refractivity contribution in [2.24, 2.45) is 0 Å². The fourth-order valence-corrected chi connectivity index (χ4v) is 3.09. The summed E-state index contributed by atoms with van der Waals surface area (Å²) in [4.78, 5) is 23.5. The van der Waals surface area contributed by atoms with Crippen molar-refractivity contribution in [3.8, 4) is 0 Å². The van der Waals surface area contributed by atoms with Gasteiger partial charge < -0.3 is 9.47 Å². The fraction of sp³-hybridized carbons (Fsp3) is 0.176. The van der Waals surface area contributed by atoms with Gasteiger partial charge >= 0.3 is 5.97 Å². The molecule has 1 N–H and O–H groups in total. The summed E-state index contributed by atoms with van der Waals surface area (Å²) in [5, 5.41) is 0. The van der Waals surface area contributed by atoms with Gasteiger partial charge in [0, 0.05) is 12.7 Å². The molecule has 0 radical (unpaired) electrons. The molecule has 2 aromatic rings. The summed E-state index contributed by atoms with van der Waals surface area (Å²) >= 11 is 0. The molecule has 0 saturated heterocycles. The van der Waals surface area contributed by atoms with Crippen LogP contribution < -0.4 is 4.72 Å². The minimum atomic E-state index is -4.12. The molecule has 0 atom stereocenters. The maximum absolute atomic E-state index is 12.3.